The highest BCUT2D eigenvalue weighted by Gasteiger charge is 2.25. The minimum Gasteiger partial charge on any atom is -0.465 e. The van der Waals surface area contributed by atoms with Gasteiger partial charge in [0.1, 0.15) is 12.4 Å². The Hall–Kier alpha value is -5.05. The van der Waals surface area contributed by atoms with Gasteiger partial charge >= 0.3 is 5.97 Å². The summed E-state index contributed by atoms with van der Waals surface area (Å²) in [7, 11) is 1.30. The third-order valence-corrected chi connectivity index (χ3v) is 6.73. The lowest BCUT2D eigenvalue weighted by molar-refractivity contribution is -0.119. The number of esters is 1. The van der Waals surface area contributed by atoms with Gasteiger partial charge in [0.25, 0.3) is 0 Å². The van der Waals surface area contributed by atoms with Crippen LogP contribution in [0.2, 0.25) is 0 Å². The number of nitrogens with zero attached hydrogens (tertiary/aromatic N) is 3. The number of methoxy groups -OCH3 is 1. The maximum atomic E-state index is 13.8. The first kappa shape index (κ1) is 26.6. The third kappa shape index (κ3) is 5.54. The van der Waals surface area contributed by atoms with Crippen LogP contribution >= 0.6 is 0 Å². The van der Waals surface area contributed by atoms with Crippen LogP contribution in [-0.2, 0) is 27.3 Å². The lowest BCUT2D eigenvalue weighted by Gasteiger charge is -2.19. The predicted octanol–water partition coefficient (Wildman–Crippen LogP) is 4.97. The predicted molar refractivity (Wildman–Crippen MR) is 150 cm³/mol. The second-order valence-electron chi connectivity index (χ2n) is 9.35. The molecule has 0 radical (unpaired) electrons. The fourth-order valence-corrected chi connectivity index (χ4v) is 4.81. The van der Waals surface area contributed by atoms with E-state index in [1.807, 2.05) is 18.2 Å². The molecule has 4 aromatic rings. The molecule has 3 aromatic carbocycles. The first-order valence-corrected chi connectivity index (χ1v) is 12.7. The molecule has 0 aliphatic carbocycles. The van der Waals surface area contributed by atoms with Crippen LogP contribution in [0.1, 0.15) is 34.0 Å². The Morgan fingerprint density at radius 1 is 0.975 bits per heavy atom. The summed E-state index contributed by atoms with van der Waals surface area (Å²) in [6, 6.07) is 19.9. The molecular formula is C31H27FN4O4. The number of allylic oxidation sites excluding steroid dienone is 1. The molecule has 2 heterocycles. The van der Waals surface area contributed by atoms with E-state index >= 15 is 0 Å². The second-order valence-corrected chi connectivity index (χ2v) is 9.35. The van der Waals surface area contributed by atoms with Gasteiger partial charge in [-0.25, -0.2) is 9.18 Å². The van der Waals surface area contributed by atoms with Crippen molar-refractivity contribution in [3.05, 3.63) is 113 Å². The number of ketones is 1. The second kappa shape index (κ2) is 11.4. The van der Waals surface area contributed by atoms with Gasteiger partial charge in [-0.2, -0.15) is 5.10 Å². The molecule has 202 valence electrons. The summed E-state index contributed by atoms with van der Waals surface area (Å²) in [6.07, 6.45) is 4.07. The number of nitrogens with one attached hydrogen (secondary N) is 1. The van der Waals surface area contributed by atoms with E-state index in [2.05, 4.69) is 10.4 Å². The number of carbonyl (C=O) groups is 3. The topological polar surface area (TPSA) is 93.5 Å². The van der Waals surface area contributed by atoms with Crippen molar-refractivity contribution in [1.29, 1.82) is 0 Å². The van der Waals surface area contributed by atoms with E-state index in [0.29, 0.717) is 46.6 Å². The van der Waals surface area contributed by atoms with Crippen molar-refractivity contribution < 1.29 is 23.5 Å². The molecular weight excluding hydrogens is 511 g/mol. The number of hydrogen-bond donors (Lipinski definition) is 1. The maximum Gasteiger partial charge on any atom is 0.337 e. The minimum atomic E-state index is -0.480. The summed E-state index contributed by atoms with van der Waals surface area (Å²) in [5.41, 5.74) is 4.95. The number of fused-ring (bicyclic) bond motifs is 1. The van der Waals surface area contributed by atoms with Gasteiger partial charge in [0.2, 0.25) is 5.91 Å². The van der Waals surface area contributed by atoms with Crippen molar-refractivity contribution in [2.45, 2.75) is 19.9 Å². The van der Waals surface area contributed by atoms with E-state index in [4.69, 9.17) is 4.74 Å². The molecule has 1 amide bonds. The first-order chi connectivity index (χ1) is 19.3. The van der Waals surface area contributed by atoms with Crippen molar-refractivity contribution >= 4 is 40.3 Å². The van der Waals surface area contributed by atoms with Crippen LogP contribution in [0.5, 0.6) is 0 Å². The van der Waals surface area contributed by atoms with E-state index in [1.165, 1.54) is 26.2 Å². The monoisotopic (exact) mass is 538 g/mol. The fraction of sp³-hybridized carbons (Fsp3) is 0.161. The van der Waals surface area contributed by atoms with Gasteiger partial charge in [0, 0.05) is 35.9 Å². The normalized spacial score (nSPS) is 12.9. The molecule has 1 aromatic heterocycles. The zero-order valence-corrected chi connectivity index (χ0v) is 22.1. The average molecular weight is 539 g/mol. The Morgan fingerprint density at radius 2 is 1.68 bits per heavy atom. The van der Waals surface area contributed by atoms with Crippen molar-refractivity contribution in [2.75, 3.05) is 23.9 Å². The van der Waals surface area contributed by atoms with Crippen LogP contribution < -0.4 is 10.2 Å². The summed E-state index contributed by atoms with van der Waals surface area (Å²) in [6.45, 7) is 2.17. The lowest BCUT2D eigenvalue weighted by Crippen LogP contribution is -2.32. The largest absolute Gasteiger partial charge is 0.465 e. The Kier molecular flexibility index (Phi) is 7.54. The number of rotatable bonds is 8. The number of amides is 1. The molecule has 40 heavy (non-hydrogen) atoms. The van der Waals surface area contributed by atoms with E-state index in [0.717, 1.165) is 11.3 Å². The lowest BCUT2D eigenvalue weighted by atomic mass is 9.95. The van der Waals surface area contributed by atoms with Crippen LogP contribution in [0.25, 0.3) is 11.3 Å². The number of anilines is 2. The standard InChI is InChI=1S/C31H27FN4O4/c1-20(37)29(21-4-6-23(7-5-21)31(39)40-2)30(22-8-10-25(32)11-9-22)34-26-12-13-27-24(18-26)14-17-36(27)28(38)19-35-16-3-15-33-35/h3-13,15-16,18,34H,14,17,19H2,1-2H3/b30-29+. The van der Waals surface area contributed by atoms with E-state index in [9.17, 15) is 18.8 Å². The van der Waals surface area contributed by atoms with Crippen molar-refractivity contribution in [3.63, 3.8) is 0 Å². The maximum absolute atomic E-state index is 13.8. The third-order valence-electron chi connectivity index (χ3n) is 6.73. The Balaban J connectivity index is 1.51. The fourth-order valence-electron chi connectivity index (χ4n) is 4.81. The smallest absolute Gasteiger partial charge is 0.337 e. The van der Waals surface area contributed by atoms with Gasteiger partial charge in [-0.15, -0.1) is 0 Å². The number of hydrogen-bond acceptors (Lipinski definition) is 6. The number of ether oxygens (including phenoxy) is 1. The SMILES string of the molecule is COC(=O)c1ccc(/C(C(C)=O)=C(/Nc2ccc3c(c2)CCN3C(=O)Cn2cccn2)c2ccc(F)cc2)cc1. The summed E-state index contributed by atoms with van der Waals surface area (Å²) >= 11 is 0. The van der Waals surface area contributed by atoms with Gasteiger partial charge in [-0.05, 0) is 90.7 Å². The van der Waals surface area contributed by atoms with Crippen molar-refractivity contribution in [1.82, 2.24) is 9.78 Å². The zero-order chi connectivity index (χ0) is 28.2. The number of halogens is 1. The quantitative estimate of drug-likeness (QED) is 0.194. The molecule has 1 N–H and O–H groups in total. The molecule has 9 heteroatoms. The molecule has 0 unspecified atom stereocenters. The van der Waals surface area contributed by atoms with E-state index < -0.39 is 11.8 Å². The number of Topliss-reactive ketones (excluding diaryl/α,β-unsaturated/α-hetero) is 1. The van der Waals surface area contributed by atoms with E-state index in [-0.39, 0.29) is 18.2 Å². The molecule has 8 nitrogen and oxygen atoms in total. The molecule has 5 rings (SSSR count). The number of aromatic nitrogens is 2. The van der Waals surface area contributed by atoms with Gasteiger partial charge in [-0.3, -0.25) is 14.3 Å². The summed E-state index contributed by atoms with van der Waals surface area (Å²) in [5, 5.41) is 7.50. The highest BCUT2D eigenvalue weighted by molar-refractivity contribution is 6.28. The van der Waals surface area contributed by atoms with Crippen molar-refractivity contribution in [2.24, 2.45) is 0 Å². The van der Waals surface area contributed by atoms with Gasteiger partial charge in [0.05, 0.1) is 18.4 Å². The van der Waals surface area contributed by atoms with E-state index in [1.54, 1.807) is 64.4 Å². The van der Waals surface area contributed by atoms with Crippen LogP contribution in [0.4, 0.5) is 15.8 Å². The molecule has 0 atom stereocenters. The average Bonchev–Trinajstić information content (AvgIpc) is 3.62. The summed E-state index contributed by atoms with van der Waals surface area (Å²) in [5.74, 6) is -1.14. The molecule has 0 bridgehead atoms. The minimum absolute atomic E-state index is 0.0516. The van der Waals surface area contributed by atoms with Crippen LogP contribution in [0.3, 0.4) is 0 Å². The molecule has 0 spiro atoms. The number of carbonyl (C=O) groups excluding carboxylic acids is 3. The molecule has 0 fully saturated rings. The first-order valence-electron chi connectivity index (χ1n) is 12.7. The Labute approximate surface area is 230 Å². The van der Waals surface area contributed by atoms with Crippen LogP contribution in [0, 0.1) is 5.82 Å². The summed E-state index contributed by atoms with van der Waals surface area (Å²) in [4.78, 5) is 39.6. The van der Waals surface area contributed by atoms with Crippen LogP contribution in [-0.4, -0.2) is 41.1 Å². The highest BCUT2D eigenvalue weighted by Crippen LogP contribution is 2.34. The van der Waals surface area contributed by atoms with Gasteiger partial charge in [0.15, 0.2) is 5.78 Å². The molecule has 1 aliphatic heterocycles. The number of benzene rings is 3. The Morgan fingerprint density at radius 3 is 2.33 bits per heavy atom. The van der Waals surface area contributed by atoms with Crippen LogP contribution in [0.15, 0.2) is 85.2 Å². The Bertz CT molecular complexity index is 1590. The highest BCUT2D eigenvalue weighted by atomic mass is 19.1. The summed E-state index contributed by atoms with van der Waals surface area (Å²) < 4.78 is 20.2. The molecule has 1 aliphatic rings. The van der Waals surface area contributed by atoms with Crippen molar-refractivity contribution in [3.8, 4) is 0 Å². The molecule has 0 saturated heterocycles. The van der Waals surface area contributed by atoms with Gasteiger partial charge < -0.3 is 15.0 Å². The van der Waals surface area contributed by atoms with Gasteiger partial charge in [-0.1, -0.05) is 12.1 Å². The zero-order valence-electron chi connectivity index (χ0n) is 22.1. The molecule has 0 saturated carbocycles.